The summed E-state index contributed by atoms with van der Waals surface area (Å²) in [6.45, 7) is 1.76. The number of Topliss-reactive ketones (excluding diaryl/α,β-unsaturated/α-hetero) is 1. The van der Waals surface area contributed by atoms with Crippen molar-refractivity contribution in [3.05, 3.63) is 39.4 Å². The van der Waals surface area contributed by atoms with Gasteiger partial charge in [-0.05, 0) is 37.1 Å². The number of carbonyl (C=O) groups excluding carboxylic acids is 1. The molecule has 1 aromatic carbocycles. The summed E-state index contributed by atoms with van der Waals surface area (Å²) in [4.78, 5) is 22.5. The molecule has 1 aliphatic heterocycles. The first-order chi connectivity index (χ1) is 8.59. The number of nitrogens with zero attached hydrogens (tertiary/aromatic N) is 1. The molecule has 96 valence electrons. The molecular weight excluding hydrogens is 250 g/mol. The quantitative estimate of drug-likeness (QED) is 0.477. The largest absolute Gasteiger partial charge is 0.293 e. The van der Waals surface area contributed by atoms with E-state index in [2.05, 4.69) is 0 Å². The third kappa shape index (κ3) is 2.72. The monoisotopic (exact) mass is 265 g/mol. The number of hydrogen-bond acceptors (Lipinski definition) is 4. The van der Waals surface area contributed by atoms with Crippen LogP contribution in [0, 0.1) is 17.0 Å². The van der Waals surface area contributed by atoms with E-state index in [9.17, 15) is 14.9 Å². The van der Waals surface area contributed by atoms with Gasteiger partial charge >= 0.3 is 0 Å². The standard InChI is InChI=1S/C13H15NO3S/c1-9-8-10(14(16)17)5-6-11(9)13(15)12-4-2-3-7-18-12/h5-6,8,12H,2-4,7H2,1H3. The molecule has 1 fully saturated rings. The van der Waals surface area contributed by atoms with Gasteiger partial charge < -0.3 is 0 Å². The summed E-state index contributed by atoms with van der Waals surface area (Å²) in [7, 11) is 0. The van der Waals surface area contributed by atoms with Crippen LogP contribution in [0.15, 0.2) is 18.2 Å². The zero-order chi connectivity index (χ0) is 13.1. The molecule has 1 heterocycles. The van der Waals surface area contributed by atoms with Crippen molar-refractivity contribution in [2.24, 2.45) is 0 Å². The Morgan fingerprint density at radius 2 is 2.22 bits per heavy atom. The van der Waals surface area contributed by atoms with Gasteiger partial charge in [0.05, 0.1) is 10.2 Å². The van der Waals surface area contributed by atoms with Gasteiger partial charge in [-0.25, -0.2) is 0 Å². The van der Waals surface area contributed by atoms with Crippen molar-refractivity contribution in [2.75, 3.05) is 5.75 Å². The first-order valence-electron chi connectivity index (χ1n) is 6.00. The van der Waals surface area contributed by atoms with Gasteiger partial charge in [-0.1, -0.05) is 6.42 Å². The Morgan fingerprint density at radius 1 is 1.44 bits per heavy atom. The highest BCUT2D eigenvalue weighted by atomic mass is 32.2. The molecule has 18 heavy (non-hydrogen) atoms. The van der Waals surface area contributed by atoms with E-state index in [1.165, 1.54) is 18.6 Å². The van der Waals surface area contributed by atoms with Crippen molar-refractivity contribution in [3.8, 4) is 0 Å². The second kappa shape index (κ2) is 5.52. The second-order valence-corrected chi connectivity index (χ2v) is 5.79. The lowest BCUT2D eigenvalue weighted by molar-refractivity contribution is -0.384. The number of hydrogen-bond donors (Lipinski definition) is 0. The molecule has 1 unspecified atom stereocenters. The van der Waals surface area contributed by atoms with Crippen LogP contribution in [0.5, 0.6) is 0 Å². The van der Waals surface area contributed by atoms with Crippen molar-refractivity contribution in [2.45, 2.75) is 31.4 Å². The van der Waals surface area contributed by atoms with Gasteiger partial charge in [-0.3, -0.25) is 14.9 Å². The van der Waals surface area contributed by atoms with Crippen LogP contribution in [0.1, 0.15) is 35.2 Å². The summed E-state index contributed by atoms with van der Waals surface area (Å²) in [6.07, 6.45) is 3.18. The van der Waals surface area contributed by atoms with Gasteiger partial charge in [0.25, 0.3) is 5.69 Å². The zero-order valence-corrected chi connectivity index (χ0v) is 11.0. The molecule has 0 saturated carbocycles. The molecule has 0 amide bonds. The molecule has 5 heteroatoms. The van der Waals surface area contributed by atoms with E-state index in [-0.39, 0.29) is 16.7 Å². The van der Waals surface area contributed by atoms with Crippen LogP contribution in [0.25, 0.3) is 0 Å². The fourth-order valence-electron chi connectivity index (χ4n) is 2.16. The van der Waals surface area contributed by atoms with E-state index in [1.54, 1.807) is 24.8 Å². The van der Waals surface area contributed by atoms with Gasteiger partial charge in [0.2, 0.25) is 0 Å². The number of nitro groups is 1. The Bertz CT molecular complexity index is 481. The van der Waals surface area contributed by atoms with Gasteiger partial charge in [0, 0.05) is 17.7 Å². The average Bonchev–Trinajstić information content (AvgIpc) is 2.38. The average molecular weight is 265 g/mol. The minimum atomic E-state index is -0.434. The Labute approximate surface area is 110 Å². The van der Waals surface area contributed by atoms with Gasteiger partial charge in [0.1, 0.15) is 0 Å². The van der Waals surface area contributed by atoms with E-state index in [1.807, 2.05) is 0 Å². The maximum absolute atomic E-state index is 12.3. The number of ketones is 1. The van der Waals surface area contributed by atoms with Crippen molar-refractivity contribution < 1.29 is 9.72 Å². The third-order valence-electron chi connectivity index (χ3n) is 3.16. The second-order valence-electron chi connectivity index (χ2n) is 4.48. The topological polar surface area (TPSA) is 60.2 Å². The summed E-state index contributed by atoms with van der Waals surface area (Å²) in [5, 5.41) is 10.7. The maximum Gasteiger partial charge on any atom is 0.269 e. The molecule has 1 aromatic rings. The molecule has 1 atom stereocenters. The van der Waals surface area contributed by atoms with E-state index < -0.39 is 4.92 Å². The van der Waals surface area contributed by atoms with E-state index in [0.717, 1.165) is 18.6 Å². The molecular formula is C13H15NO3S. The highest BCUT2D eigenvalue weighted by Gasteiger charge is 2.24. The number of thioether (sulfide) groups is 1. The summed E-state index contributed by atoms with van der Waals surface area (Å²) >= 11 is 1.70. The molecule has 0 aliphatic carbocycles. The summed E-state index contributed by atoms with van der Waals surface area (Å²) in [6, 6.07) is 4.47. The number of benzene rings is 1. The first-order valence-corrected chi connectivity index (χ1v) is 7.05. The molecule has 2 rings (SSSR count). The highest BCUT2D eigenvalue weighted by molar-refractivity contribution is 8.00. The Kier molecular flexibility index (Phi) is 4.01. The lowest BCUT2D eigenvalue weighted by Crippen LogP contribution is -2.21. The van der Waals surface area contributed by atoms with E-state index in [0.29, 0.717) is 11.1 Å². The minimum absolute atomic E-state index is 0.0268. The molecule has 4 nitrogen and oxygen atoms in total. The Balaban J connectivity index is 2.22. The van der Waals surface area contributed by atoms with Crippen molar-refractivity contribution >= 4 is 23.2 Å². The molecule has 0 N–H and O–H groups in total. The predicted molar refractivity (Wildman–Crippen MR) is 72.3 cm³/mol. The van der Waals surface area contributed by atoms with Crippen LogP contribution in [-0.2, 0) is 0 Å². The Hall–Kier alpha value is -1.36. The predicted octanol–water partition coefficient (Wildman–Crippen LogP) is 3.37. The number of aryl methyl sites for hydroxylation is 1. The summed E-state index contributed by atoms with van der Waals surface area (Å²) < 4.78 is 0. The molecule has 0 bridgehead atoms. The van der Waals surface area contributed by atoms with Crippen molar-refractivity contribution in [3.63, 3.8) is 0 Å². The first kappa shape index (κ1) is 13.1. The molecule has 1 aliphatic rings. The summed E-state index contributed by atoms with van der Waals surface area (Å²) in [5.41, 5.74) is 1.36. The summed E-state index contributed by atoms with van der Waals surface area (Å²) in [5.74, 6) is 1.15. The number of non-ortho nitro benzene ring substituents is 1. The smallest absolute Gasteiger partial charge is 0.269 e. The van der Waals surface area contributed by atoms with Crippen LogP contribution in [0.3, 0.4) is 0 Å². The molecule has 0 aromatic heterocycles. The van der Waals surface area contributed by atoms with Gasteiger partial charge in [-0.15, -0.1) is 0 Å². The van der Waals surface area contributed by atoms with E-state index >= 15 is 0 Å². The van der Waals surface area contributed by atoms with Crippen molar-refractivity contribution in [1.82, 2.24) is 0 Å². The van der Waals surface area contributed by atoms with Crippen LogP contribution in [0.4, 0.5) is 5.69 Å². The normalized spacial score (nSPS) is 19.5. The van der Waals surface area contributed by atoms with Crippen LogP contribution in [-0.4, -0.2) is 21.7 Å². The number of nitro benzene ring substituents is 1. The van der Waals surface area contributed by atoms with Gasteiger partial charge in [-0.2, -0.15) is 11.8 Å². The number of carbonyl (C=O) groups is 1. The molecule has 0 spiro atoms. The SMILES string of the molecule is Cc1cc([N+](=O)[O-])ccc1C(=O)C1CCCCS1. The third-order valence-corrected chi connectivity index (χ3v) is 4.53. The van der Waals surface area contributed by atoms with Crippen LogP contribution >= 0.6 is 11.8 Å². The molecule has 0 radical (unpaired) electrons. The van der Waals surface area contributed by atoms with Crippen LogP contribution < -0.4 is 0 Å². The fraction of sp³-hybridized carbons (Fsp3) is 0.462. The van der Waals surface area contributed by atoms with Gasteiger partial charge in [0.15, 0.2) is 5.78 Å². The minimum Gasteiger partial charge on any atom is -0.293 e. The Morgan fingerprint density at radius 3 is 2.78 bits per heavy atom. The lowest BCUT2D eigenvalue weighted by Gasteiger charge is -2.20. The highest BCUT2D eigenvalue weighted by Crippen LogP contribution is 2.29. The van der Waals surface area contributed by atoms with Crippen molar-refractivity contribution in [1.29, 1.82) is 0 Å². The van der Waals surface area contributed by atoms with E-state index in [4.69, 9.17) is 0 Å². The lowest BCUT2D eigenvalue weighted by atomic mass is 9.99. The molecule has 1 saturated heterocycles. The number of rotatable bonds is 3. The zero-order valence-electron chi connectivity index (χ0n) is 10.2. The van der Waals surface area contributed by atoms with Crippen LogP contribution in [0.2, 0.25) is 0 Å². The fourth-order valence-corrected chi connectivity index (χ4v) is 3.43. The maximum atomic E-state index is 12.3.